The van der Waals surface area contributed by atoms with Crippen LogP contribution in [0.2, 0.25) is 0 Å². The maximum absolute atomic E-state index is 15.0. The molecule has 3 aromatic rings. The summed E-state index contributed by atoms with van der Waals surface area (Å²) in [5, 5.41) is 0. The van der Waals surface area contributed by atoms with Gasteiger partial charge in [0, 0.05) is 22.3 Å². The second-order valence-corrected chi connectivity index (χ2v) is 11.7. The summed E-state index contributed by atoms with van der Waals surface area (Å²) in [5.74, 6) is 5.43. The number of methoxy groups -OCH3 is 2. The summed E-state index contributed by atoms with van der Waals surface area (Å²) in [6.45, 7) is 2.52. The third kappa shape index (κ3) is 3.96. The SMILES string of the molecule is CCOC(=O)[C@@]12N3Cc4c(OC)ccc(OC)c4CN1C(=O)N1Cc4c(C#Cc5ccccc5)cccc4CN(C3=O)[C@@]12C(=O)OCC. The summed E-state index contributed by atoms with van der Waals surface area (Å²) < 4.78 is 22.8. The van der Waals surface area contributed by atoms with E-state index >= 15 is 4.79 Å². The molecule has 4 aliphatic rings. The maximum atomic E-state index is 15.0. The Morgan fingerprint density at radius 1 is 0.646 bits per heavy atom. The molecule has 4 amide bonds. The normalized spacial score (nSPS) is 21.7. The smallest absolute Gasteiger partial charge is 0.358 e. The van der Waals surface area contributed by atoms with E-state index in [4.69, 9.17) is 18.9 Å². The molecule has 0 bridgehead atoms. The minimum atomic E-state index is -2.27. The molecule has 0 saturated carbocycles. The molecule has 4 heterocycles. The van der Waals surface area contributed by atoms with Crippen LogP contribution >= 0.6 is 0 Å². The van der Waals surface area contributed by atoms with E-state index in [1.54, 1.807) is 26.0 Å². The summed E-state index contributed by atoms with van der Waals surface area (Å²) >= 11 is 0. The van der Waals surface area contributed by atoms with Gasteiger partial charge in [-0.2, -0.15) is 0 Å². The van der Waals surface area contributed by atoms with Crippen LogP contribution in [0.3, 0.4) is 0 Å². The Morgan fingerprint density at radius 3 is 1.65 bits per heavy atom. The topological polar surface area (TPSA) is 118 Å². The average molecular weight is 651 g/mol. The lowest BCUT2D eigenvalue weighted by Crippen LogP contribution is -2.75. The van der Waals surface area contributed by atoms with Gasteiger partial charge < -0.3 is 18.9 Å². The lowest BCUT2D eigenvalue weighted by atomic mass is 9.90. The van der Waals surface area contributed by atoms with Crippen molar-refractivity contribution in [2.75, 3.05) is 27.4 Å². The van der Waals surface area contributed by atoms with E-state index in [0.717, 1.165) is 5.56 Å². The highest BCUT2D eigenvalue weighted by molar-refractivity contribution is 6.10. The number of fused-ring (bicyclic) bond motifs is 2. The van der Waals surface area contributed by atoms with Crippen LogP contribution in [0.25, 0.3) is 0 Å². The van der Waals surface area contributed by atoms with Crippen LogP contribution in [-0.2, 0) is 45.2 Å². The fraction of sp³-hybridized carbons (Fsp3) is 0.333. The number of carbonyl (C=O) groups is 4. The van der Waals surface area contributed by atoms with E-state index in [1.807, 2.05) is 48.5 Å². The number of urea groups is 2. The molecule has 4 aliphatic heterocycles. The van der Waals surface area contributed by atoms with E-state index in [2.05, 4.69) is 11.8 Å². The average Bonchev–Trinajstić information content (AvgIpc) is 3.26. The third-order valence-corrected chi connectivity index (χ3v) is 9.54. The molecule has 12 nitrogen and oxygen atoms in total. The highest BCUT2D eigenvalue weighted by Gasteiger charge is 2.87. The molecule has 0 aliphatic carbocycles. The van der Waals surface area contributed by atoms with Crippen molar-refractivity contribution in [1.29, 1.82) is 0 Å². The molecule has 3 aromatic carbocycles. The Labute approximate surface area is 277 Å². The van der Waals surface area contributed by atoms with Gasteiger partial charge in [-0.3, -0.25) is 19.6 Å². The first-order valence-corrected chi connectivity index (χ1v) is 15.7. The van der Waals surface area contributed by atoms with E-state index in [1.165, 1.54) is 33.8 Å². The molecule has 7 rings (SSSR count). The van der Waals surface area contributed by atoms with Crippen molar-refractivity contribution in [3.63, 3.8) is 0 Å². The standard InChI is InChI=1S/C36H34N4O8/c1-5-47-31(41)35-36(32(42)48-6-2)39-21-27-28(30(46-4)18-17-29(27)45-3)22-40(36)34(44)38(35)20-26-24(16-15-23-11-8-7-9-12-23)13-10-14-25(26)19-37(35)33(39)43/h7-14,17-18H,5-6,19-22H2,1-4H3/t35-,36+/m0/s1. The van der Waals surface area contributed by atoms with Crippen molar-refractivity contribution in [2.45, 2.75) is 51.4 Å². The minimum Gasteiger partial charge on any atom is -0.496 e. The molecule has 0 spiro atoms. The number of nitrogens with zero attached hydrogens (tertiary/aromatic N) is 4. The monoisotopic (exact) mass is 650 g/mol. The van der Waals surface area contributed by atoms with Crippen LogP contribution in [0.1, 0.15) is 47.2 Å². The van der Waals surface area contributed by atoms with Gasteiger partial charge in [0.25, 0.3) is 11.3 Å². The zero-order valence-electron chi connectivity index (χ0n) is 27.1. The summed E-state index contributed by atoms with van der Waals surface area (Å²) in [5.41, 5.74) is -0.691. The van der Waals surface area contributed by atoms with Gasteiger partial charge >= 0.3 is 24.0 Å². The van der Waals surface area contributed by atoms with E-state index in [-0.39, 0.29) is 39.4 Å². The predicted molar refractivity (Wildman–Crippen MR) is 170 cm³/mol. The van der Waals surface area contributed by atoms with Crippen molar-refractivity contribution in [3.05, 3.63) is 94.0 Å². The van der Waals surface area contributed by atoms with Crippen molar-refractivity contribution < 1.29 is 38.1 Å². The molecule has 0 N–H and O–H groups in total. The summed E-state index contributed by atoms with van der Waals surface area (Å²) in [6, 6.07) is 17.1. The molecule has 2 saturated heterocycles. The van der Waals surface area contributed by atoms with E-state index < -0.39 is 35.3 Å². The quantitative estimate of drug-likeness (QED) is 0.292. The van der Waals surface area contributed by atoms with Gasteiger partial charge in [0.1, 0.15) is 11.5 Å². The Bertz CT molecular complexity index is 1920. The van der Waals surface area contributed by atoms with Gasteiger partial charge in [-0.25, -0.2) is 19.2 Å². The molecule has 0 aromatic heterocycles. The molecule has 2 fully saturated rings. The van der Waals surface area contributed by atoms with Crippen molar-refractivity contribution in [1.82, 2.24) is 19.6 Å². The van der Waals surface area contributed by atoms with E-state index in [0.29, 0.717) is 39.3 Å². The van der Waals surface area contributed by atoms with Crippen molar-refractivity contribution >= 4 is 24.0 Å². The summed E-state index contributed by atoms with van der Waals surface area (Å²) in [4.78, 5) is 64.4. The van der Waals surface area contributed by atoms with Gasteiger partial charge in [-0.05, 0) is 55.3 Å². The first-order valence-electron chi connectivity index (χ1n) is 15.7. The first kappa shape index (κ1) is 30.9. The largest absolute Gasteiger partial charge is 0.496 e. The summed E-state index contributed by atoms with van der Waals surface area (Å²) in [7, 11) is 2.99. The number of hydrogen-bond acceptors (Lipinski definition) is 8. The lowest BCUT2D eigenvalue weighted by Gasteiger charge is -2.43. The minimum absolute atomic E-state index is 0.0633. The maximum Gasteiger partial charge on any atom is 0.358 e. The van der Waals surface area contributed by atoms with Crippen LogP contribution in [0, 0.1) is 11.8 Å². The molecule has 12 heteroatoms. The number of benzene rings is 3. The molecule has 48 heavy (non-hydrogen) atoms. The fourth-order valence-electron chi connectivity index (χ4n) is 7.58. The molecular formula is C36H34N4O8. The molecule has 2 atom stereocenters. The number of hydrogen-bond donors (Lipinski definition) is 0. The number of rotatable bonds is 6. The van der Waals surface area contributed by atoms with Gasteiger partial charge in [0.05, 0.1) is 53.6 Å². The predicted octanol–water partition coefficient (Wildman–Crippen LogP) is 3.83. The van der Waals surface area contributed by atoms with Crippen LogP contribution in [0.5, 0.6) is 11.5 Å². The zero-order chi connectivity index (χ0) is 33.8. The van der Waals surface area contributed by atoms with Crippen molar-refractivity contribution in [2.24, 2.45) is 0 Å². The molecule has 246 valence electrons. The number of esters is 2. The van der Waals surface area contributed by atoms with Crippen LogP contribution in [0.15, 0.2) is 60.7 Å². The second kappa shape index (κ2) is 11.5. The Morgan fingerprint density at radius 2 is 1.15 bits per heavy atom. The van der Waals surface area contributed by atoms with Crippen molar-refractivity contribution in [3.8, 4) is 23.3 Å². The lowest BCUT2D eigenvalue weighted by molar-refractivity contribution is -0.191. The molecular weight excluding hydrogens is 616 g/mol. The zero-order valence-corrected chi connectivity index (χ0v) is 27.1. The first-order chi connectivity index (χ1) is 23.3. The highest BCUT2D eigenvalue weighted by atomic mass is 16.6. The molecule has 0 radical (unpaired) electrons. The van der Waals surface area contributed by atoms with Gasteiger partial charge in [-0.15, -0.1) is 0 Å². The Balaban J connectivity index is 1.51. The second-order valence-electron chi connectivity index (χ2n) is 11.7. The summed E-state index contributed by atoms with van der Waals surface area (Å²) in [6.07, 6.45) is 0. The third-order valence-electron chi connectivity index (χ3n) is 9.54. The molecule has 0 unspecified atom stereocenters. The van der Waals surface area contributed by atoms with Gasteiger partial charge in [0.2, 0.25) is 0 Å². The number of ether oxygens (including phenoxy) is 4. The highest BCUT2D eigenvalue weighted by Crippen LogP contribution is 2.58. The van der Waals surface area contributed by atoms with Gasteiger partial charge in [-0.1, -0.05) is 42.2 Å². The number of carbonyl (C=O) groups excluding carboxylic acids is 4. The fourth-order valence-corrected chi connectivity index (χ4v) is 7.58. The van der Waals surface area contributed by atoms with Gasteiger partial charge in [0.15, 0.2) is 0 Å². The van der Waals surface area contributed by atoms with Crippen LogP contribution in [-0.4, -0.2) is 82.4 Å². The number of amides is 4. The van der Waals surface area contributed by atoms with E-state index in [9.17, 15) is 14.4 Å². The van der Waals surface area contributed by atoms with Crippen LogP contribution < -0.4 is 9.47 Å². The Hall–Kier alpha value is -5.70. The Kier molecular flexibility index (Phi) is 7.42. The van der Waals surface area contributed by atoms with Crippen LogP contribution in [0.4, 0.5) is 9.59 Å².